The lowest BCUT2D eigenvalue weighted by Crippen LogP contribution is -2.28. The largest absolute Gasteiger partial charge is 0.508 e. The van der Waals surface area contributed by atoms with Gasteiger partial charge < -0.3 is 10.0 Å². The van der Waals surface area contributed by atoms with Gasteiger partial charge in [-0.15, -0.1) is 11.3 Å². The van der Waals surface area contributed by atoms with E-state index in [1.54, 1.807) is 52.7 Å². The molecule has 104 valence electrons. The zero-order valence-corrected chi connectivity index (χ0v) is 12.1. The highest BCUT2D eigenvalue weighted by Gasteiger charge is 2.09. The van der Waals surface area contributed by atoms with Gasteiger partial charge in [0.05, 0.1) is 6.54 Å². The molecule has 1 heterocycles. The van der Waals surface area contributed by atoms with Gasteiger partial charge in [-0.1, -0.05) is 18.2 Å². The summed E-state index contributed by atoms with van der Waals surface area (Å²) in [6.45, 7) is 3.30. The van der Waals surface area contributed by atoms with Gasteiger partial charge in [0.1, 0.15) is 5.75 Å². The molecule has 0 aliphatic carbocycles. The minimum atomic E-state index is -0.00558. The summed E-state index contributed by atoms with van der Waals surface area (Å²) in [7, 11) is 0. The van der Waals surface area contributed by atoms with Gasteiger partial charge in [0, 0.05) is 17.5 Å². The van der Waals surface area contributed by atoms with Crippen molar-refractivity contribution < 1.29 is 9.90 Å². The third kappa shape index (κ3) is 3.96. The van der Waals surface area contributed by atoms with Crippen molar-refractivity contribution in [1.82, 2.24) is 4.90 Å². The number of thiophene rings is 1. The zero-order valence-electron chi connectivity index (χ0n) is 11.3. The number of carbonyl (C=O) groups is 1. The van der Waals surface area contributed by atoms with Gasteiger partial charge in [0.25, 0.3) is 0 Å². The van der Waals surface area contributed by atoms with E-state index in [-0.39, 0.29) is 11.7 Å². The molecule has 0 aliphatic rings. The summed E-state index contributed by atoms with van der Waals surface area (Å²) < 4.78 is 0. The third-order valence-electron chi connectivity index (χ3n) is 2.93. The lowest BCUT2D eigenvalue weighted by atomic mass is 10.2. The number of likely N-dealkylation sites (N-methyl/N-ethyl adjacent to an activating group) is 1. The van der Waals surface area contributed by atoms with Crippen LogP contribution in [-0.4, -0.2) is 22.5 Å². The van der Waals surface area contributed by atoms with Crippen molar-refractivity contribution in [3.63, 3.8) is 0 Å². The highest BCUT2D eigenvalue weighted by Crippen LogP contribution is 2.13. The standard InChI is InChI=1S/C16H17NO2S/c1-2-17(12-15-4-3-11-20-15)16(19)10-7-13-5-8-14(18)9-6-13/h3-11,18H,2,12H2,1H3/b10-7+. The van der Waals surface area contributed by atoms with E-state index in [4.69, 9.17) is 0 Å². The molecule has 1 amide bonds. The number of rotatable bonds is 5. The van der Waals surface area contributed by atoms with Gasteiger partial charge in [0.2, 0.25) is 5.91 Å². The predicted molar refractivity (Wildman–Crippen MR) is 82.6 cm³/mol. The topological polar surface area (TPSA) is 40.5 Å². The number of amides is 1. The van der Waals surface area contributed by atoms with Gasteiger partial charge in [-0.25, -0.2) is 0 Å². The summed E-state index contributed by atoms with van der Waals surface area (Å²) in [4.78, 5) is 15.1. The molecule has 0 unspecified atom stereocenters. The van der Waals surface area contributed by atoms with E-state index < -0.39 is 0 Å². The minimum absolute atomic E-state index is 0.00558. The van der Waals surface area contributed by atoms with Crippen LogP contribution in [0.2, 0.25) is 0 Å². The summed E-state index contributed by atoms with van der Waals surface area (Å²) in [6.07, 6.45) is 3.34. The van der Waals surface area contributed by atoms with Crippen LogP contribution in [-0.2, 0) is 11.3 Å². The lowest BCUT2D eigenvalue weighted by Gasteiger charge is -2.18. The number of aromatic hydroxyl groups is 1. The van der Waals surface area contributed by atoms with Gasteiger partial charge in [-0.05, 0) is 42.1 Å². The maximum atomic E-state index is 12.1. The molecule has 4 heteroatoms. The molecule has 0 saturated heterocycles. The second-order valence-corrected chi connectivity index (χ2v) is 5.39. The van der Waals surface area contributed by atoms with Crippen LogP contribution in [0.15, 0.2) is 47.9 Å². The Balaban J connectivity index is 2.00. The van der Waals surface area contributed by atoms with E-state index in [0.29, 0.717) is 13.1 Å². The van der Waals surface area contributed by atoms with Gasteiger partial charge in [-0.3, -0.25) is 4.79 Å². The Labute approximate surface area is 122 Å². The molecule has 0 aliphatic heterocycles. The van der Waals surface area contributed by atoms with Crippen molar-refractivity contribution in [2.45, 2.75) is 13.5 Å². The van der Waals surface area contributed by atoms with E-state index in [0.717, 1.165) is 5.56 Å². The van der Waals surface area contributed by atoms with Crippen molar-refractivity contribution in [3.8, 4) is 5.75 Å². The van der Waals surface area contributed by atoms with Crippen LogP contribution in [0.1, 0.15) is 17.4 Å². The molecule has 1 aromatic heterocycles. The van der Waals surface area contributed by atoms with Crippen LogP contribution in [0.25, 0.3) is 6.08 Å². The molecule has 0 atom stereocenters. The average molecular weight is 287 g/mol. The molecule has 1 aromatic carbocycles. The SMILES string of the molecule is CCN(Cc1cccs1)C(=O)/C=C/c1ccc(O)cc1. The Bertz CT molecular complexity index is 573. The molecule has 20 heavy (non-hydrogen) atoms. The number of phenols is 1. The van der Waals surface area contributed by atoms with Gasteiger partial charge in [0.15, 0.2) is 0 Å². The summed E-state index contributed by atoms with van der Waals surface area (Å²) >= 11 is 1.65. The second kappa shape index (κ2) is 6.91. The first kappa shape index (κ1) is 14.3. The molecule has 0 saturated carbocycles. The monoisotopic (exact) mass is 287 g/mol. The van der Waals surface area contributed by atoms with Gasteiger partial charge >= 0.3 is 0 Å². The molecule has 1 N–H and O–H groups in total. The Morgan fingerprint density at radius 1 is 1.30 bits per heavy atom. The van der Waals surface area contributed by atoms with Crippen LogP contribution in [0.4, 0.5) is 0 Å². The molecule has 0 spiro atoms. The zero-order chi connectivity index (χ0) is 14.4. The Morgan fingerprint density at radius 2 is 2.05 bits per heavy atom. The molecule has 3 nitrogen and oxygen atoms in total. The van der Waals surface area contributed by atoms with Crippen LogP contribution in [0, 0.1) is 0 Å². The normalized spacial score (nSPS) is 10.8. The maximum Gasteiger partial charge on any atom is 0.246 e. The van der Waals surface area contributed by atoms with E-state index in [2.05, 4.69) is 0 Å². The Kier molecular flexibility index (Phi) is 4.96. The quantitative estimate of drug-likeness (QED) is 0.855. The fourth-order valence-electron chi connectivity index (χ4n) is 1.79. The first-order valence-electron chi connectivity index (χ1n) is 6.47. The summed E-state index contributed by atoms with van der Waals surface area (Å²) in [6, 6.07) is 10.8. The fourth-order valence-corrected chi connectivity index (χ4v) is 2.51. The second-order valence-electron chi connectivity index (χ2n) is 4.36. The first-order chi connectivity index (χ1) is 9.69. The van der Waals surface area contributed by atoms with Crippen LogP contribution < -0.4 is 0 Å². The average Bonchev–Trinajstić information content (AvgIpc) is 2.97. The van der Waals surface area contributed by atoms with Gasteiger partial charge in [-0.2, -0.15) is 0 Å². The number of hydrogen-bond donors (Lipinski definition) is 1. The number of carbonyl (C=O) groups excluding carboxylic acids is 1. The minimum Gasteiger partial charge on any atom is -0.508 e. The molecule has 0 fully saturated rings. The first-order valence-corrected chi connectivity index (χ1v) is 7.35. The number of hydrogen-bond acceptors (Lipinski definition) is 3. The smallest absolute Gasteiger partial charge is 0.246 e. The summed E-state index contributed by atoms with van der Waals surface area (Å²) in [5.41, 5.74) is 0.892. The number of phenolic OH excluding ortho intramolecular Hbond substituents is 1. The third-order valence-corrected chi connectivity index (χ3v) is 3.79. The van der Waals surface area contributed by atoms with Crippen molar-refractivity contribution in [3.05, 3.63) is 58.3 Å². The van der Waals surface area contributed by atoms with E-state index in [1.807, 2.05) is 24.4 Å². The summed E-state index contributed by atoms with van der Waals surface area (Å²) in [5.74, 6) is 0.218. The Hall–Kier alpha value is -2.07. The molecule has 2 aromatic rings. The number of nitrogens with zero attached hydrogens (tertiary/aromatic N) is 1. The van der Waals surface area contributed by atoms with Crippen LogP contribution in [0.3, 0.4) is 0 Å². The van der Waals surface area contributed by atoms with E-state index in [1.165, 1.54) is 4.88 Å². The predicted octanol–water partition coefficient (Wildman–Crippen LogP) is 3.52. The highest BCUT2D eigenvalue weighted by atomic mass is 32.1. The fraction of sp³-hybridized carbons (Fsp3) is 0.188. The molecular weight excluding hydrogens is 270 g/mol. The van der Waals surface area contributed by atoms with E-state index >= 15 is 0 Å². The lowest BCUT2D eigenvalue weighted by molar-refractivity contribution is -0.126. The van der Waals surface area contributed by atoms with Crippen molar-refractivity contribution in [2.24, 2.45) is 0 Å². The van der Waals surface area contributed by atoms with E-state index in [9.17, 15) is 9.90 Å². The number of benzene rings is 1. The van der Waals surface area contributed by atoms with Crippen molar-refractivity contribution in [1.29, 1.82) is 0 Å². The summed E-state index contributed by atoms with van der Waals surface area (Å²) in [5, 5.41) is 11.2. The molecule has 0 radical (unpaired) electrons. The maximum absolute atomic E-state index is 12.1. The molecule has 2 rings (SSSR count). The van der Waals surface area contributed by atoms with Crippen LogP contribution in [0.5, 0.6) is 5.75 Å². The molecular formula is C16H17NO2S. The van der Waals surface area contributed by atoms with Crippen molar-refractivity contribution in [2.75, 3.05) is 6.54 Å². The Morgan fingerprint density at radius 3 is 2.65 bits per heavy atom. The van der Waals surface area contributed by atoms with Crippen molar-refractivity contribution >= 4 is 23.3 Å². The molecule has 0 bridgehead atoms. The van der Waals surface area contributed by atoms with Crippen LogP contribution >= 0.6 is 11.3 Å². The highest BCUT2D eigenvalue weighted by molar-refractivity contribution is 7.09.